The van der Waals surface area contributed by atoms with Crippen molar-refractivity contribution in [1.29, 1.82) is 0 Å². The van der Waals surface area contributed by atoms with E-state index < -0.39 is 58.5 Å². The largest absolute Gasteiger partial charge is 0.507 e. The van der Waals surface area contributed by atoms with E-state index >= 15 is 0 Å². The molecule has 1 saturated heterocycles. The summed E-state index contributed by atoms with van der Waals surface area (Å²) in [5.74, 6) is -2.25. The van der Waals surface area contributed by atoms with E-state index in [4.69, 9.17) is 15.7 Å². The average molecular weight is 734 g/mol. The van der Waals surface area contributed by atoms with E-state index in [1.807, 2.05) is 6.92 Å². The Hall–Kier alpha value is -2.99. The summed E-state index contributed by atoms with van der Waals surface area (Å²) in [7, 11) is -4.74. The van der Waals surface area contributed by atoms with Gasteiger partial charge in [-0.05, 0) is 84.0 Å². The highest BCUT2D eigenvalue weighted by Gasteiger charge is 2.51. The molecule has 258 valence electrons. The Morgan fingerprint density at radius 2 is 1.91 bits per heavy atom. The summed E-state index contributed by atoms with van der Waals surface area (Å²) in [6.45, 7) is 4.33. The van der Waals surface area contributed by atoms with Crippen LogP contribution >= 0.6 is 15.9 Å². The molecule has 0 bridgehead atoms. The molecule has 3 amide bonds. The van der Waals surface area contributed by atoms with Gasteiger partial charge in [0.15, 0.2) is 5.96 Å². The molecule has 7 atom stereocenters. The third-order valence-electron chi connectivity index (χ3n) is 8.64. The number of nitrogens with one attached hydrogen (secondary N) is 2. The molecule has 1 saturated carbocycles. The van der Waals surface area contributed by atoms with Crippen molar-refractivity contribution in [3.8, 4) is 5.75 Å². The Balaban J connectivity index is 1.82. The normalized spacial score (nSPS) is 23.1. The van der Waals surface area contributed by atoms with Crippen LogP contribution in [0.4, 0.5) is 0 Å². The van der Waals surface area contributed by atoms with Gasteiger partial charge in [-0.1, -0.05) is 26.3 Å². The number of guanidine groups is 1. The van der Waals surface area contributed by atoms with Crippen molar-refractivity contribution in [2.45, 2.75) is 95.5 Å². The summed E-state index contributed by atoms with van der Waals surface area (Å²) in [5.41, 5.74) is 11.3. The number of fused-ring (bicyclic) bond motifs is 1. The first-order valence-electron chi connectivity index (χ1n) is 15.4. The fourth-order valence-corrected chi connectivity index (χ4v) is 7.03. The lowest BCUT2D eigenvalue weighted by atomic mass is 9.83. The Kier molecular flexibility index (Phi) is 13.6. The molecule has 0 aromatic heterocycles. The maximum Gasteiger partial charge on any atom is 0.397 e. The number of unbranched alkanes of at least 4 members (excludes halogenated alkanes) is 1. The molecule has 1 aliphatic heterocycles. The smallest absolute Gasteiger partial charge is 0.397 e. The SMILES string of the molecule is CC[C@H](C)[C@@H](NC(=O)[C@H](O)Cc1ccc(O)c(Br)c1)C(=O)N1[C@H](C(=O)NCCCCN=C(N)N)C[C@@H]2CC[C@@H](OS(=O)(=O)O)C[C@@H]21. The predicted octanol–water partition coefficient (Wildman–Crippen LogP) is 0.716. The molecule has 2 aliphatic rings. The monoisotopic (exact) mass is 732 g/mol. The zero-order chi connectivity index (χ0) is 34.2. The van der Waals surface area contributed by atoms with Gasteiger partial charge < -0.3 is 37.2 Å². The predicted molar refractivity (Wildman–Crippen MR) is 173 cm³/mol. The van der Waals surface area contributed by atoms with E-state index in [0.717, 1.165) is 0 Å². The van der Waals surface area contributed by atoms with Crippen LogP contribution in [0.1, 0.15) is 64.4 Å². The molecule has 0 unspecified atom stereocenters. The number of hydrogen-bond acceptors (Lipinski definition) is 9. The molecule has 9 N–H and O–H groups in total. The number of nitrogens with zero attached hydrogens (tertiary/aromatic N) is 2. The fourth-order valence-electron chi connectivity index (χ4n) is 6.09. The summed E-state index contributed by atoms with van der Waals surface area (Å²) >= 11 is 3.21. The number of amides is 3. The molecule has 1 aromatic rings. The molecule has 15 nitrogen and oxygen atoms in total. The number of likely N-dealkylation sites (tertiary alicyclic amines) is 1. The number of nitrogens with two attached hydrogens (primary N) is 2. The van der Waals surface area contributed by atoms with E-state index in [-0.39, 0.29) is 36.4 Å². The molecule has 2 fully saturated rings. The highest BCUT2D eigenvalue weighted by molar-refractivity contribution is 9.10. The summed E-state index contributed by atoms with van der Waals surface area (Å²) in [4.78, 5) is 46.4. The molecule has 1 aliphatic carbocycles. The van der Waals surface area contributed by atoms with Crippen LogP contribution in [0.3, 0.4) is 0 Å². The molecule has 1 heterocycles. The van der Waals surface area contributed by atoms with Crippen LogP contribution in [0.5, 0.6) is 5.75 Å². The van der Waals surface area contributed by atoms with Gasteiger partial charge in [0.25, 0.3) is 0 Å². The third-order valence-corrected chi connectivity index (χ3v) is 9.79. The van der Waals surface area contributed by atoms with Crippen molar-refractivity contribution < 1.29 is 41.8 Å². The van der Waals surface area contributed by atoms with Crippen molar-refractivity contribution in [1.82, 2.24) is 15.5 Å². The van der Waals surface area contributed by atoms with Crippen LogP contribution in [0.15, 0.2) is 27.7 Å². The lowest BCUT2D eigenvalue weighted by Gasteiger charge is -2.39. The summed E-state index contributed by atoms with van der Waals surface area (Å²) in [5, 5.41) is 26.1. The highest BCUT2D eigenvalue weighted by atomic mass is 79.9. The number of halogens is 1. The number of benzene rings is 1. The summed E-state index contributed by atoms with van der Waals surface area (Å²) < 4.78 is 37.5. The van der Waals surface area contributed by atoms with Crippen molar-refractivity contribution in [2.24, 2.45) is 28.3 Å². The number of aliphatic hydroxyl groups is 1. The Morgan fingerprint density at radius 3 is 2.54 bits per heavy atom. The van der Waals surface area contributed by atoms with Crippen LogP contribution in [0, 0.1) is 11.8 Å². The second-order valence-corrected chi connectivity index (χ2v) is 13.9. The molecule has 46 heavy (non-hydrogen) atoms. The second kappa shape index (κ2) is 16.7. The number of phenolic OH excluding ortho intramolecular Hbond substituents is 1. The maximum atomic E-state index is 14.4. The molecular weight excluding hydrogens is 688 g/mol. The second-order valence-electron chi connectivity index (χ2n) is 12.0. The summed E-state index contributed by atoms with van der Waals surface area (Å²) in [6, 6.07) is 1.98. The van der Waals surface area contributed by atoms with Gasteiger partial charge in [0.1, 0.15) is 23.9 Å². The van der Waals surface area contributed by atoms with Crippen LogP contribution in [-0.4, -0.2) is 95.2 Å². The third kappa shape index (κ3) is 10.5. The zero-order valence-electron chi connectivity index (χ0n) is 26.0. The number of carbonyl (C=O) groups is 3. The zero-order valence-corrected chi connectivity index (χ0v) is 28.4. The summed E-state index contributed by atoms with van der Waals surface area (Å²) in [6.07, 6.45) is 0.370. The van der Waals surface area contributed by atoms with Gasteiger partial charge in [-0.3, -0.25) is 23.9 Å². The van der Waals surface area contributed by atoms with Gasteiger partial charge in [-0.2, -0.15) is 8.42 Å². The first-order valence-corrected chi connectivity index (χ1v) is 17.5. The van der Waals surface area contributed by atoms with Crippen LogP contribution in [0.2, 0.25) is 0 Å². The van der Waals surface area contributed by atoms with Gasteiger partial charge in [0.2, 0.25) is 17.7 Å². The van der Waals surface area contributed by atoms with Crippen LogP contribution in [-0.2, 0) is 35.4 Å². The van der Waals surface area contributed by atoms with Gasteiger partial charge >= 0.3 is 10.4 Å². The number of hydrogen-bond donors (Lipinski definition) is 7. The van der Waals surface area contributed by atoms with E-state index in [1.165, 1.54) is 11.0 Å². The topological polar surface area (TPSA) is 247 Å². The van der Waals surface area contributed by atoms with E-state index in [0.29, 0.717) is 61.7 Å². The lowest BCUT2D eigenvalue weighted by Crippen LogP contribution is -2.59. The molecule has 0 spiro atoms. The first-order chi connectivity index (χ1) is 21.6. The number of aliphatic hydroxyl groups excluding tert-OH is 1. The minimum Gasteiger partial charge on any atom is -0.507 e. The molecule has 0 radical (unpaired) electrons. The minimum atomic E-state index is -4.74. The number of carbonyl (C=O) groups excluding carboxylic acids is 3. The number of phenols is 1. The first kappa shape index (κ1) is 37.5. The Bertz CT molecular complexity index is 1380. The van der Waals surface area contributed by atoms with Gasteiger partial charge in [0.05, 0.1) is 10.6 Å². The van der Waals surface area contributed by atoms with Gasteiger partial charge in [-0.25, -0.2) is 4.18 Å². The quantitative estimate of drug-likeness (QED) is 0.0573. The number of rotatable bonds is 15. The molecular formula is C29H45BrN6O9S. The minimum absolute atomic E-state index is 0.00511. The van der Waals surface area contributed by atoms with Gasteiger partial charge in [-0.15, -0.1) is 0 Å². The maximum absolute atomic E-state index is 14.4. The molecule has 1 aromatic carbocycles. The van der Waals surface area contributed by atoms with E-state index in [9.17, 15) is 37.6 Å². The molecule has 17 heteroatoms. The van der Waals surface area contributed by atoms with Crippen LogP contribution < -0.4 is 22.1 Å². The number of aliphatic imine (C=N–C) groups is 1. The van der Waals surface area contributed by atoms with Crippen molar-refractivity contribution in [3.05, 3.63) is 28.2 Å². The van der Waals surface area contributed by atoms with E-state index in [2.05, 4.69) is 31.6 Å². The van der Waals surface area contributed by atoms with Crippen molar-refractivity contribution in [3.63, 3.8) is 0 Å². The van der Waals surface area contributed by atoms with Gasteiger partial charge in [0, 0.05) is 25.6 Å². The number of aromatic hydroxyl groups is 1. The Morgan fingerprint density at radius 1 is 1.20 bits per heavy atom. The van der Waals surface area contributed by atoms with E-state index in [1.54, 1.807) is 19.1 Å². The average Bonchev–Trinajstić information content (AvgIpc) is 3.36. The Labute approximate surface area is 277 Å². The van der Waals surface area contributed by atoms with Crippen molar-refractivity contribution in [2.75, 3.05) is 13.1 Å². The fraction of sp³-hybridized carbons (Fsp3) is 0.655. The highest BCUT2D eigenvalue weighted by Crippen LogP contribution is 2.42. The standard InChI is InChI=1S/C29H45BrN6O9S/c1-3-16(2)25(35-27(40)24(38)13-17-6-9-23(37)20(30)12-17)28(41)36-21-15-19(45-46(42,43)44)8-7-18(21)14-22(36)26(39)33-10-4-5-11-34-29(31)32/h6,9,12,16,18-19,21-22,24-25,37-38H,3-5,7-8,10-11,13-15H2,1-2H3,(H,33,39)(H,35,40)(H4,31,32,34)(H,42,43,44)/t16-,18-,19+,21-,22-,24+,25+/m0/s1. The lowest BCUT2D eigenvalue weighted by molar-refractivity contribution is -0.146. The van der Waals surface area contributed by atoms with Crippen LogP contribution in [0.25, 0.3) is 0 Å². The molecule has 3 rings (SSSR count). The van der Waals surface area contributed by atoms with Crippen molar-refractivity contribution >= 4 is 50.0 Å².